The van der Waals surface area contributed by atoms with E-state index in [2.05, 4.69) is 14.7 Å². The number of halogens is 2. The highest BCUT2D eigenvalue weighted by Crippen LogP contribution is 2.33. The number of hydrogen-bond donors (Lipinski definition) is 0. The monoisotopic (exact) mass is 248 g/mol. The Morgan fingerprint density at radius 2 is 1.80 bits per heavy atom. The summed E-state index contributed by atoms with van der Waals surface area (Å²) in [7, 11) is 1.30. The molecule has 1 aromatic heterocycles. The van der Waals surface area contributed by atoms with Crippen molar-refractivity contribution < 1.29 is 9.53 Å². The minimum atomic E-state index is -0.968. The first-order chi connectivity index (χ1) is 6.91. The van der Waals surface area contributed by atoms with E-state index in [0.29, 0.717) is 5.56 Å². The van der Waals surface area contributed by atoms with Gasteiger partial charge in [0.1, 0.15) is 16.6 Å². The SMILES string of the molecule is COC(=O)C(C)(C)c1c(Cl)ncnc1Cl. The molecule has 0 bridgehead atoms. The summed E-state index contributed by atoms with van der Waals surface area (Å²) in [5.41, 5.74) is -0.593. The first-order valence-electron chi connectivity index (χ1n) is 4.16. The van der Waals surface area contributed by atoms with E-state index < -0.39 is 11.4 Å². The highest BCUT2D eigenvalue weighted by atomic mass is 35.5. The maximum absolute atomic E-state index is 11.5. The summed E-state index contributed by atoms with van der Waals surface area (Å²) in [6.45, 7) is 3.30. The molecule has 0 saturated heterocycles. The van der Waals surface area contributed by atoms with Crippen molar-refractivity contribution in [1.82, 2.24) is 9.97 Å². The third-order valence-electron chi connectivity index (χ3n) is 2.08. The number of nitrogens with zero attached hydrogens (tertiary/aromatic N) is 2. The van der Waals surface area contributed by atoms with Gasteiger partial charge in [-0.3, -0.25) is 4.79 Å². The van der Waals surface area contributed by atoms with Crippen molar-refractivity contribution in [2.24, 2.45) is 0 Å². The van der Waals surface area contributed by atoms with Gasteiger partial charge >= 0.3 is 5.97 Å². The molecule has 15 heavy (non-hydrogen) atoms. The van der Waals surface area contributed by atoms with Crippen molar-refractivity contribution in [1.29, 1.82) is 0 Å². The van der Waals surface area contributed by atoms with Crippen molar-refractivity contribution in [3.05, 3.63) is 22.2 Å². The Labute approximate surface area is 97.6 Å². The molecule has 0 N–H and O–H groups in total. The van der Waals surface area contributed by atoms with Crippen molar-refractivity contribution in [3.63, 3.8) is 0 Å². The zero-order valence-electron chi connectivity index (χ0n) is 8.54. The summed E-state index contributed by atoms with van der Waals surface area (Å²) < 4.78 is 4.67. The zero-order chi connectivity index (χ0) is 11.6. The molecule has 0 aromatic carbocycles. The lowest BCUT2D eigenvalue weighted by atomic mass is 9.86. The molecule has 6 heteroatoms. The van der Waals surface area contributed by atoms with Gasteiger partial charge in [-0.05, 0) is 13.8 Å². The predicted molar refractivity (Wildman–Crippen MR) is 57.1 cm³/mol. The van der Waals surface area contributed by atoms with Gasteiger partial charge in [0, 0.05) is 5.56 Å². The summed E-state index contributed by atoms with van der Waals surface area (Å²) in [5.74, 6) is -0.443. The summed E-state index contributed by atoms with van der Waals surface area (Å²) >= 11 is 11.7. The van der Waals surface area contributed by atoms with Gasteiger partial charge in [0.05, 0.1) is 12.5 Å². The fraction of sp³-hybridized carbons (Fsp3) is 0.444. The molecule has 0 atom stereocenters. The second-order valence-corrected chi connectivity index (χ2v) is 4.16. The Bertz CT molecular complexity index is 373. The summed E-state index contributed by atoms with van der Waals surface area (Å²) in [4.78, 5) is 19.1. The van der Waals surface area contributed by atoms with Gasteiger partial charge < -0.3 is 4.74 Å². The molecule has 0 radical (unpaired) electrons. The van der Waals surface area contributed by atoms with E-state index in [0.717, 1.165) is 0 Å². The lowest BCUT2D eigenvalue weighted by Crippen LogP contribution is -2.31. The summed E-state index contributed by atoms with van der Waals surface area (Å²) in [6, 6.07) is 0. The van der Waals surface area contributed by atoms with Crippen LogP contribution >= 0.6 is 23.2 Å². The second-order valence-electron chi connectivity index (χ2n) is 3.45. The van der Waals surface area contributed by atoms with Crippen LogP contribution in [0.1, 0.15) is 19.4 Å². The molecule has 0 unspecified atom stereocenters. The number of carbonyl (C=O) groups excluding carboxylic acids is 1. The average Bonchev–Trinajstić information content (AvgIpc) is 2.15. The van der Waals surface area contributed by atoms with Crippen LogP contribution in [0, 0.1) is 0 Å². The molecule has 1 rings (SSSR count). The number of aromatic nitrogens is 2. The van der Waals surface area contributed by atoms with Crippen molar-refractivity contribution in [3.8, 4) is 0 Å². The molecule has 4 nitrogen and oxygen atoms in total. The van der Waals surface area contributed by atoms with Crippen LogP contribution in [0.3, 0.4) is 0 Å². The molecule has 82 valence electrons. The Balaban J connectivity index is 3.32. The van der Waals surface area contributed by atoms with Gasteiger partial charge in [0.2, 0.25) is 0 Å². The van der Waals surface area contributed by atoms with Crippen LogP contribution in [0.25, 0.3) is 0 Å². The summed E-state index contributed by atoms with van der Waals surface area (Å²) in [6.07, 6.45) is 1.24. The maximum atomic E-state index is 11.5. The number of ether oxygens (including phenoxy) is 1. The van der Waals surface area contributed by atoms with Crippen LogP contribution in [-0.2, 0) is 14.9 Å². The second kappa shape index (κ2) is 4.33. The van der Waals surface area contributed by atoms with Crippen LogP contribution in [-0.4, -0.2) is 23.0 Å². The lowest BCUT2D eigenvalue weighted by molar-refractivity contribution is -0.146. The molecule has 0 aliphatic rings. The van der Waals surface area contributed by atoms with E-state index in [1.165, 1.54) is 13.4 Å². The molecule has 0 spiro atoms. The highest BCUT2D eigenvalue weighted by molar-refractivity contribution is 6.35. The lowest BCUT2D eigenvalue weighted by Gasteiger charge is -2.22. The number of rotatable bonds is 2. The number of hydrogen-bond acceptors (Lipinski definition) is 4. The van der Waals surface area contributed by atoms with E-state index in [1.807, 2.05) is 0 Å². The van der Waals surface area contributed by atoms with E-state index in [1.54, 1.807) is 13.8 Å². The van der Waals surface area contributed by atoms with Gasteiger partial charge in [-0.1, -0.05) is 23.2 Å². The number of methoxy groups -OCH3 is 1. The van der Waals surface area contributed by atoms with Crippen LogP contribution in [0.2, 0.25) is 10.3 Å². The van der Waals surface area contributed by atoms with Gasteiger partial charge in [-0.25, -0.2) is 9.97 Å². The molecule has 0 saturated carbocycles. The fourth-order valence-electron chi connectivity index (χ4n) is 1.22. The minimum absolute atomic E-state index is 0.158. The van der Waals surface area contributed by atoms with E-state index in [-0.39, 0.29) is 10.3 Å². The molecule has 0 fully saturated rings. The topological polar surface area (TPSA) is 52.1 Å². The van der Waals surface area contributed by atoms with Crippen LogP contribution in [0.4, 0.5) is 0 Å². The highest BCUT2D eigenvalue weighted by Gasteiger charge is 2.36. The Morgan fingerprint density at radius 3 is 2.20 bits per heavy atom. The van der Waals surface area contributed by atoms with Crippen molar-refractivity contribution >= 4 is 29.2 Å². The third kappa shape index (κ3) is 2.21. The Hall–Kier alpha value is -0.870. The Kier molecular flexibility index (Phi) is 3.52. The molecule has 1 aromatic rings. The van der Waals surface area contributed by atoms with Gasteiger partial charge in [-0.15, -0.1) is 0 Å². The van der Waals surface area contributed by atoms with Crippen LogP contribution < -0.4 is 0 Å². The largest absolute Gasteiger partial charge is 0.468 e. The van der Waals surface area contributed by atoms with Crippen LogP contribution in [0.5, 0.6) is 0 Å². The van der Waals surface area contributed by atoms with Crippen molar-refractivity contribution in [2.75, 3.05) is 7.11 Å². The third-order valence-corrected chi connectivity index (χ3v) is 2.65. The number of carbonyl (C=O) groups is 1. The average molecular weight is 249 g/mol. The summed E-state index contributed by atoms with van der Waals surface area (Å²) in [5, 5.41) is 0.316. The zero-order valence-corrected chi connectivity index (χ0v) is 10.1. The molecule has 0 amide bonds. The van der Waals surface area contributed by atoms with E-state index in [9.17, 15) is 4.79 Å². The van der Waals surface area contributed by atoms with E-state index in [4.69, 9.17) is 23.2 Å². The fourth-order valence-corrected chi connectivity index (χ4v) is 2.00. The molecular formula is C9H10Cl2N2O2. The number of esters is 1. The predicted octanol–water partition coefficient (Wildman–Crippen LogP) is 2.23. The maximum Gasteiger partial charge on any atom is 0.315 e. The molecular weight excluding hydrogens is 239 g/mol. The van der Waals surface area contributed by atoms with Gasteiger partial charge in [0.25, 0.3) is 0 Å². The minimum Gasteiger partial charge on any atom is -0.468 e. The van der Waals surface area contributed by atoms with E-state index >= 15 is 0 Å². The molecule has 0 aliphatic heterocycles. The molecule has 1 heterocycles. The van der Waals surface area contributed by atoms with Crippen LogP contribution in [0.15, 0.2) is 6.33 Å². The van der Waals surface area contributed by atoms with Crippen molar-refractivity contribution in [2.45, 2.75) is 19.3 Å². The smallest absolute Gasteiger partial charge is 0.315 e. The standard InChI is InChI=1S/C9H10Cl2N2O2/c1-9(2,8(14)15-3)5-6(10)12-4-13-7(5)11/h4H,1-3H3. The normalized spacial score (nSPS) is 11.3. The first kappa shape index (κ1) is 12.2. The van der Waals surface area contributed by atoms with Gasteiger partial charge in [-0.2, -0.15) is 0 Å². The quantitative estimate of drug-likeness (QED) is 0.595. The Morgan fingerprint density at radius 1 is 1.33 bits per heavy atom. The first-order valence-corrected chi connectivity index (χ1v) is 4.91. The van der Waals surface area contributed by atoms with Gasteiger partial charge in [0.15, 0.2) is 0 Å². The molecule has 0 aliphatic carbocycles.